The van der Waals surface area contributed by atoms with Crippen molar-refractivity contribution in [3.8, 4) is 0 Å². The zero-order valence-corrected chi connectivity index (χ0v) is 15.4. The molecule has 0 saturated heterocycles. The second-order valence-electron chi connectivity index (χ2n) is 5.31. The van der Waals surface area contributed by atoms with Gasteiger partial charge in [0.25, 0.3) is 10.0 Å². The van der Waals surface area contributed by atoms with Gasteiger partial charge in [-0.2, -0.15) is 0 Å². The summed E-state index contributed by atoms with van der Waals surface area (Å²) in [4.78, 5) is 12.2. The quantitative estimate of drug-likeness (QED) is 0.620. The van der Waals surface area contributed by atoms with Crippen LogP contribution in [0.2, 0.25) is 0 Å². The molecule has 0 aliphatic rings. The summed E-state index contributed by atoms with van der Waals surface area (Å²) in [6.45, 7) is 1.88. The van der Waals surface area contributed by atoms with Gasteiger partial charge in [0.15, 0.2) is 0 Å². The predicted octanol–water partition coefficient (Wildman–Crippen LogP) is 3.74. The average Bonchev–Trinajstić information content (AvgIpc) is 2.94. The van der Waals surface area contributed by atoms with Crippen molar-refractivity contribution >= 4 is 42.8 Å². The first-order valence-corrected chi connectivity index (χ1v) is 9.29. The van der Waals surface area contributed by atoms with Crippen LogP contribution in [-0.4, -0.2) is 25.5 Å². The SMILES string of the molecule is COC(=O)c1cn(S(=O)(=O)c2ccc(C)cc2)c2ccc(Br)cc12. The number of halogens is 1. The van der Waals surface area contributed by atoms with Crippen LogP contribution in [0.1, 0.15) is 15.9 Å². The number of rotatable bonds is 3. The maximum Gasteiger partial charge on any atom is 0.340 e. The molecule has 0 radical (unpaired) electrons. The van der Waals surface area contributed by atoms with Crippen LogP contribution in [0, 0.1) is 6.92 Å². The molecule has 3 aromatic rings. The van der Waals surface area contributed by atoms with Crippen LogP contribution in [0.15, 0.2) is 58.0 Å². The zero-order valence-electron chi connectivity index (χ0n) is 13.0. The molecule has 24 heavy (non-hydrogen) atoms. The second-order valence-corrected chi connectivity index (χ2v) is 8.04. The van der Waals surface area contributed by atoms with E-state index in [4.69, 9.17) is 4.74 Å². The highest BCUT2D eigenvalue weighted by Gasteiger charge is 2.24. The molecule has 0 amide bonds. The van der Waals surface area contributed by atoms with Gasteiger partial charge >= 0.3 is 5.97 Å². The van der Waals surface area contributed by atoms with Gasteiger partial charge < -0.3 is 4.74 Å². The fourth-order valence-electron chi connectivity index (χ4n) is 2.47. The van der Waals surface area contributed by atoms with Gasteiger partial charge in [0.1, 0.15) is 0 Å². The third-order valence-corrected chi connectivity index (χ3v) is 5.90. The number of hydrogen-bond acceptors (Lipinski definition) is 4. The number of aromatic nitrogens is 1. The molecule has 0 aliphatic carbocycles. The highest BCUT2D eigenvalue weighted by atomic mass is 79.9. The number of esters is 1. The Labute approximate surface area is 148 Å². The molecule has 7 heteroatoms. The molecule has 0 atom stereocenters. The lowest BCUT2D eigenvalue weighted by atomic mass is 10.2. The van der Waals surface area contributed by atoms with E-state index in [2.05, 4.69) is 15.9 Å². The van der Waals surface area contributed by atoms with Crippen LogP contribution < -0.4 is 0 Å². The molecule has 0 saturated carbocycles. The molecule has 0 aliphatic heterocycles. The molecule has 2 aromatic carbocycles. The summed E-state index contributed by atoms with van der Waals surface area (Å²) >= 11 is 3.34. The van der Waals surface area contributed by atoms with Crippen molar-refractivity contribution in [2.45, 2.75) is 11.8 Å². The number of hydrogen-bond donors (Lipinski definition) is 0. The van der Waals surface area contributed by atoms with Gasteiger partial charge in [-0.15, -0.1) is 0 Å². The molecular formula is C17H14BrNO4S. The molecule has 0 bridgehead atoms. The van der Waals surface area contributed by atoms with Gasteiger partial charge in [0.2, 0.25) is 0 Å². The fraction of sp³-hybridized carbons (Fsp3) is 0.118. The maximum atomic E-state index is 13.0. The highest BCUT2D eigenvalue weighted by molar-refractivity contribution is 9.10. The van der Waals surface area contributed by atoms with Gasteiger partial charge in [-0.1, -0.05) is 33.6 Å². The highest BCUT2D eigenvalue weighted by Crippen LogP contribution is 2.29. The maximum absolute atomic E-state index is 13.0. The lowest BCUT2D eigenvalue weighted by Crippen LogP contribution is -2.12. The number of carbonyl (C=O) groups excluding carboxylic acids is 1. The normalized spacial score (nSPS) is 11.6. The molecule has 5 nitrogen and oxygen atoms in total. The molecule has 1 heterocycles. The number of benzene rings is 2. The van der Waals surface area contributed by atoms with E-state index in [0.29, 0.717) is 10.9 Å². The minimum atomic E-state index is -3.82. The minimum Gasteiger partial charge on any atom is -0.465 e. The number of nitrogens with zero attached hydrogens (tertiary/aromatic N) is 1. The minimum absolute atomic E-state index is 0.157. The van der Waals surface area contributed by atoms with E-state index < -0.39 is 16.0 Å². The average molecular weight is 408 g/mol. The van der Waals surface area contributed by atoms with Crippen molar-refractivity contribution < 1.29 is 17.9 Å². The molecule has 0 N–H and O–H groups in total. The van der Waals surface area contributed by atoms with E-state index >= 15 is 0 Å². The Morgan fingerprint density at radius 3 is 2.42 bits per heavy atom. The molecule has 0 fully saturated rings. The molecule has 1 aromatic heterocycles. The first-order valence-electron chi connectivity index (χ1n) is 7.06. The van der Waals surface area contributed by atoms with Crippen LogP contribution in [0.25, 0.3) is 10.9 Å². The lowest BCUT2D eigenvalue weighted by molar-refractivity contribution is 0.0603. The van der Waals surface area contributed by atoms with Crippen molar-refractivity contribution in [2.75, 3.05) is 7.11 Å². The summed E-state index contributed by atoms with van der Waals surface area (Å²) in [6, 6.07) is 11.6. The van der Waals surface area contributed by atoms with Crippen molar-refractivity contribution in [1.29, 1.82) is 0 Å². The standard InChI is InChI=1S/C17H14BrNO4S/c1-11-3-6-13(7-4-11)24(21,22)19-10-15(17(20)23-2)14-9-12(18)5-8-16(14)19/h3-10H,1-2H3. The molecule has 0 unspecified atom stereocenters. The first-order chi connectivity index (χ1) is 11.3. The van der Waals surface area contributed by atoms with E-state index in [9.17, 15) is 13.2 Å². The van der Waals surface area contributed by atoms with E-state index in [1.54, 1.807) is 42.5 Å². The first kappa shape index (κ1) is 16.7. The van der Waals surface area contributed by atoms with Gasteiger partial charge in [0, 0.05) is 16.1 Å². The largest absolute Gasteiger partial charge is 0.465 e. The van der Waals surface area contributed by atoms with Crippen LogP contribution in [0.3, 0.4) is 0 Å². The summed E-state index contributed by atoms with van der Waals surface area (Å²) in [5, 5.41) is 0.506. The topological polar surface area (TPSA) is 65.4 Å². The summed E-state index contributed by atoms with van der Waals surface area (Å²) in [6.07, 6.45) is 1.30. The predicted molar refractivity (Wildman–Crippen MR) is 94.7 cm³/mol. The number of carbonyl (C=O) groups is 1. The van der Waals surface area contributed by atoms with E-state index in [1.165, 1.54) is 13.3 Å². The molecule has 3 rings (SSSR count). The zero-order chi connectivity index (χ0) is 17.5. The van der Waals surface area contributed by atoms with E-state index in [1.807, 2.05) is 6.92 Å². The van der Waals surface area contributed by atoms with Crippen molar-refractivity contribution in [1.82, 2.24) is 3.97 Å². The Hall–Kier alpha value is -2.12. The number of methoxy groups -OCH3 is 1. The Morgan fingerprint density at radius 2 is 1.79 bits per heavy atom. The monoisotopic (exact) mass is 407 g/mol. The fourth-order valence-corrected chi connectivity index (χ4v) is 4.20. The van der Waals surface area contributed by atoms with Crippen molar-refractivity contribution in [2.24, 2.45) is 0 Å². The van der Waals surface area contributed by atoms with Crippen LogP contribution in [0.5, 0.6) is 0 Å². The van der Waals surface area contributed by atoms with Crippen LogP contribution >= 0.6 is 15.9 Å². The van der Waals surface area contributed by atoms with E-state index in [0.717, 1.165) is 14.0 Å². The third kappa shape index (κ3) is 2.74. The van der Waals surface area contributed by atoms with Gasteiger partial charge in [-0.05, 0) is 37.3 Å². The Morgan fingerprint density at radius 1 is 1.12 bits per heavy atom. The van der Waals surface area contributed by atoms with Crippen molar-refractivity contribution in [3.05, 3.63) is 64.3 Å². The van der Waals surface area contributed by atoms with E-state index in [-0.39, 0.29) is 10.5 Å². The molecule has 0 spiro atoms. The third-order valence-electron chi connectivity index (χ3n) is 3.72. The summed E-state index contributed by atoms with van der Waals surface area (Å²) in [7, 11) is -2.56. The summed E-state index contributed by atoms with van der Waals surface area (Å²) in [5.74, 6) is -0.587. The second kappa shape index (κ2) is 6.07. The van der Waals surface area contributed by atoms with Crippen LogP contribution in [-0.2, 0) is 14.8 Å². The Bertz CT molecular complexity index is 1040. The Balaban J connectivity index is 2.30. The summed E-state index contributed by atoms with van der Waals surface area (Å²) < 4.78 is 32.6. The number of ether oxygens (including phenoxy) is 1. The lowest BCUT2D eigenvalue weighted by Gasteiger charge is -2.08. The smallest absolute Gasteiger partial charge is 0.340 e. The van der Waals surface area contributed by atoms with Crippen molar-refractivity contribution in [3.63, 3.8) is 0 Å². The van der Waals surface area contributed by atoms with Crippen LogP contribution in [0.4, 0.5) is 0 Å². The Kier molecular flexibility index (Phi) is 4.23. The molecule has 124 valence electrons. The van der Waals surface area contributed by atoms with Gasteiger partial charge in [0.05, 0.1) is 23.1 Å². The molecular weight excluding hydrogens is 394 g/mol. The number of fused-ring (bicyclic) bond motifs is 1. The van der Waals surface area contributed by atoms with Gasteiger partial charge in [-0.25, -0.2) is 17.2 Å². The number of aryl methyl sites for hydroxylation is 1. The van der Waals surface area contributed by atoms with Gasteiger partial charge in [-0.3, -0.25) is 0 Å². The summed E-state index contributed by atoms with van der Waals surface area (Å²) in [5.41, 5.74) is 1.58.